The molecule has 0 saturated heterocycles. The molecule has 0 fully saturated rings. The molecule has 0 heteroatoms. The maximum Gasteiger partial charge on any atom is -0.00141 e. The highest BCUT2D eigenvalue weighted by molar-refractivity contribution is 6.35. The molecule has 0 heterocycles. The van der Waals surface area contributed by atoms with Crippen molar-refractivity contribution in [3.8, 4) is 22.3 Å². The van der Waals surface area contributed by atoms with Crippen molar-refractivity contribution >= 4 is 43.1 Å². The third-order valence-electron chi connectivity index (χ3n) is 7.67. The van der Waals surface area contributed by atoms with Crippen LogP contribution >= 0.6 is 0 Å². The molecule has 172 valence electrons. The Kier molecular flexibility index (Phi) is 4.51. The highest BCUT2D eigenvalue weighted by Gasteiger charge is 2.18. The summed E-state index contributed by atoms with van der Waals surface area (Å²) in [5.41, 5.74) is 10.4. The van der Waals surface area contributed by atoms with Crippen LogP contribution in [0, 0.1) is 27.7 Å². The first kappa shape index (κ1) is 21.1. The summed E-state index contributed by atoms with van der Waals surface area (Å²) in [6, 6.07) is 36.8. The summed E-state index contributed by atoms with van der Waals surface area (Å²) < 4.78 is 0. The fourth-order valence-electron chi connectivity index (χ4n) is 6.41. The molecule has 0 N–H and O–H groups in total. The van der Waals surface area contributed by atoms with Gasteiger partial charge in [-0.25, -0.2) is 0 Å². The summed E-state index contributed by atoms with van der Waals surface area (Å²) in [7, 11) is 0. The fourth-order valence-corrected chi connectivity index (χ4v) is 6.41. The minimum Gasteiger partial charge on any atom is -0.0610 e. The molecule has 0 spiro atoms. The standard InChI is InChI=1S/C36H28/c1-21-13-22(2)16-27(15-21)28-19-26-11-12-30(29-17-23(3)14-24(4)18-29)36-32-10-6-8-25-7-5-9-31(34(25)32)33(20-28)35(26)36/h5-20H,1-4H3. The molecule has 0 aliphatic heterocycles. The zero-order chi connectivity index (χ0) is 24.6. The average molecular weight is 461 g/mol. The second kappa shape index (κ2) is 7.67. The van der Waals surface area contributed by atoms with Crippen molar-refractivity contribution in [1.29, 1.82) is 0 Å². The third-order valence-corrected chi connectivity index (χ3v) is 7.67. The molecule has 0 atom stereocenters. The van der Waals surface area contributed by atoms with E-state index in [9.17, 15) is 0 Å². The maximum absolute atomic E-state index is 2.43. The van der Waals surface area contributed by atoms with Crippen molar-refractivity contribution < 1.29 is 0 Å². The minimum atomic E-state index is 1.28. The fraction of sp³-hybridized carbons (Fsp3) is 0.111. The Balaban J connectivity index is 1.70. The highest BCUT2D eigenvalue weighted by atomic mass is 14.2. The molecule has 0 radical (unpaired) electrons. The van der Waals surface area contributed by atoms with Gasteiger partial charge in [0.25, 0.3) is 0 Å². The van der Waals surface area contributed by atoms with Crippen LogP contribution in [0.3, 0.4) is 0 Å². The molecule has 36 heavy (non-hydrogen) atoms. The van der Waals surface area contributed by atoms with E-state index < -0.39 is 0 Å². The van der Waals surface area contributed by atoms with E-state index in [4.69, 9.17) is 0 Å². The van der Waals surface area contributed by atoms with Gasteiger partial charge < -0.3 is 0 Å². The summed E-state index contributed by atoms with van der Waals surface area (Å²) in [6.45, 7) is 8.76. The van der Waals surface area contributed by atoms with Crippen molar-refractivity contribution in [1.82, 2.24) is 0 Å². The van der Waals surface area contributed by atoms with E-state index in [1.54, 1.807) is 0 Å². The number of hydrogen-bond acceptors (Lipinski definition) is 0. The van der Waals surface area contributed by atoms with Gasteiger partial charge in [0.1, 0.15) is 0 Å². The summed E-state index contributed by atoms with van der Waals surface area (Å²) in [6.07, 6.45) is 0. The van der Waals surface area contributed by atoms with Crippen molar-refractivity contribution in [3.05, 3.63) is 119 Å². The minimum absolute atomic E-state index is 1.28. The Labute approximate surface area is 212 Å². The van der Waals surface area contributed by atoms with Crippen LogP contribution in [0.2, 0.25) is 0 Å². The summed E-state index contributed by atoms with van der Waals surface area (Å²) in [4.78, 5) is 0. The largest absolute Gasteiger partial charge is 0.0610 e. The van der Waals surface area contributed by atoms with Crippen LogP contribution in [-0.4, -0.2) is 0 Å². The van der Waals surface area contributed by atoms with E-state index in [0.29, 0.717) is 0 Å². The summed E-state index contributed by atoms with van der Waals surface area (Å²) in [5.74, 6) is 0. The van der Waals surface area contributed by atoms with Gasteiger partial charge in [-0.2, -0.15) is 0 Å². The van der Waals surface area contributed by atoms with E-state index in [-0.39, 0.29) is 0 Å². The smallest absolute Gasteiger partial charge is 0.00141 e. The van der Waals surface area contributed by atoms with E-state index in [1.807, 2.05) is 0 Å². The van der Waals surface area contributed by atoms with Crippen LogP contribution in [0.15, 0.2) is 97.1 Å². The van der Waals surface area contributed by atoms with Crippen LogP contribution in [0.4, 0.5) is 0 Å². The Morgan fingerprint density at radius 3 is 1.61 bits per heavy atom. The molecule has 0 aliphatic carbocycles. The number of fused-ring (bicyclic) bond motifs is 2. The predicted molar refractivity (Wildman–Crippen MR) is 157 cm³/mol. The van der Waals surface area contributed by atoms with Gasteiger partial charge in [-0.15, -0.1) is 0 Å². The lowest BCUT2D eigenvalue weighted by Crippen LogP contribution is -1.92. The molecule has 7 aromatic rings. The summed E-state index contributed by atoms with van der Waals surface area (Å²) in [5, 5.41) is 10.7. The van der Waals surface area contributed by atoms with Gasteiger partial charge in [0.05, 0.1) is 0 Å². The average Bonchev–Trinajstić information content (AvgIpc) is 2.85. The zero-order valence-corrected chi connectivity index (χ0v) is 21.2. The molecular weight excluding hydrogens is 432 g/mol. The molecule has 0 aromatic heterocycles. The van der Waals surface area contributed by atoms with Gasteiger partial charge in [0.2, 0.25) is 0 Å². The molecule has 0 bridgehead atoms. The number of rotatable bonds is 2. The molecule has 7 rings (SSSR count). The Bertz CT molecular complexity index is 1920. The normalized spacial score (nSPS) is 11.9. The third kappa shape index (κ3) is 3.14. The lowest BCUT2D eigenvalue weighted by atomic mass is 9.84. The van der Waals surface area contributed by atoms with Crippen molar-refractivity contribution in [2.24, 2.45) is 0 Å². The first-order valence-corrected chi connectivity index (χ1v) is 12.8. The van der Waals surface area contributed by atoms with Crippen LogP contribution < -0.4 is 0 Å². The monoisotopic (exact) mass is 460 g/mol. The maximum atomic E-state index is 2.43. The van der Waals surface area contributed by atoms with E-state index in [2.05, 4.69) is 125 Å². The van der Waals surface area contributed by atoms with Crippen molar-refractivity contribution in [3.63, 3.8) is 0 Å². The molecule has 0 nitrogen and oxygen atoms in total. The number of aryl methyl sites for hydroxylation is 4. The first-order valence-electron chi connectivity index (χ1n) is 12.8. The van der Waals surface area contributed by atoms with Gasteiger partial charge >= 0.3 is 0 Å². The second-order valence-electron chi connectivity index (χ2n) is 10.6. The van der Waals surface area contributed by atoms with Gasteiger partial charge in [-0.3, -0.25) is 0 Å². The Hall–Kier alpha value is -4.16. The lowest BCUT2D eigenvalue weighted by molar-refractivity contribution is 1.38. The van der Waals surface area contributed by atoms with E-state index in [1.165, 1.54) is 87.6 Å². The molecule has 0 unspecified atom stereocenters. The molecule has 0 amide bonds. The predicted octanol–water partition coefficient (Wildman–Crippen LogP) is 10.3. The van der Waals surface area contributed by atoms with Crippen LogP contribution in [0.5, 0.6) is 0 Å². The van der Waals surface area contributed by atoms with Gasteiger partial charge in [-0.05, 0) is 105 Å². The zero-order valence-electron chi connectivity index (χ0n) is 21.2. The lowest BCUT2D eigenvalue weighted by Gasteiger charge is -2.19. The summed E-state index contributed by atoms with van der Waals surface area (Å²) >= 11 is 0. The topological polar surface area (TPSA) is 0 Å². The van der Waals surface area contributed by atoms with Crippen LogP contribution in [0.1, 0.15) is 22.3 Å². The van der Waals surface area contributed by atoms with Crippen molar-refractivity contribution in [2.45, 2.75) is 27.7 Å². The molecular formula is C36H28. The molecule has 0 saturated carbocycles. The second-order valence-corrected chi connectivity index (χ2v) is 10.6. The molecule has 0 aliphatic rings. The van der Waals surface area contributed by atoms with E-state index in [0.717, 1.165) is 0 Å². The van der Waals surface area contributed by atoms with Crippen LogP contribution in [0.25, 0.3) is 65.3 Å². The Morgan fingerprint density at radius 1 is 0.361 bits per heavy atom. The number of benzene rings is 7. The SMILES string of the molecule is Cc1cc(C)cc(-c2cc3ccc(-c4cc(C)cc(C)c4)c4c5cccc6cccc(c(c2)c34)c65)c1. The quantitative estimate of drug-likeness (QED) is 0.178. The van der Waals surface area contributed by atoms with Gasteiger partial charge in [-0.1, -0.05) is 107 Å². The van der Waals surface area contributed by atoms with Gasteiger partial charge in [0.15, 0.2) is 0 Å². The first-order chi connectivity index (χ1) is 17.5. The van der Waals surface area contributed by atoms with Gasteiger partial charge in [0, 0.05) is 0 Å². The number of hydrogen-bond donors (Lipinski definition) is 0. The Morgan fingerprint density at radius 2 is 0.944 bits per heavy atom. The van der Waals surface area contributed by atoms with E-state index >= 15 is 0 Å². The highest BCUT2D eigenvalue weighted by Crippen LogP contribution is 2.45. The van der Waals surface area contributed by atoms with Crippen molar-refractivity contribution in [2.75, 3.05) is 0 Å². The molecule has 7 aromatic carbocycles. The van der Waals surface area contributed by atoms with Crippen LogP contribution in [-0.2, 0) is 0 Å².